The van der Waals surface area contributed by atoms with Gasteiger partial charge in [-0.3, -0.25) is 9.59 Å². The predicted octanol–water partition coefficient (Wildman–Crippen LogP) is 6.19. The van der Waals surface area contributed by atoms with Crippen LogP contribution < -0.4 is 10.6 Å². The Labute approximate surface area is 250 Å². The Morgan fingerprint density at radius 2 is 1.44 bits per heavy atom. The molecule has 0 radical (unpaired) electrons. The maximum atomic E-state index is 13.7. The first-order valence-corrected chi connectivity index (χ1v) is 15.4. The van der Waals surface area contributed by atoms with Crippen LogP contribution in [-0.4, -0.2) is 55.1 Å². The molecule has 2 amide bonds. The Hall–Kier alpha value is -3.65. The first-order valence-electron chi connectivity index (χ1n) is 15.4. The summed E-state index contributed by atoms with van der Waals surface area (Å²) in [5.41, 5.74) is 3.45. The van der Waals surface area contributed by atoms with E-state index in [2.05, 4.69) is 27.7 Å². The van der Waals surface area contributed by atoms with Gasteiger partial charge in [-0.25, -0.2) is 0 Å². The van der Waals surface area contributed by atoms with Gasteiger partial charge >= 0.3 is 6.18 Å². The van der Waals surface area contributed by atoms with E-state index in [4.69, 9.17) is 0 Å². The minimum Gasteiger partial charge on any atom is -0.353 e. The molecule has 0 spiro atoms. The summed E-state index contributed by atoms with van der Waals surface area (Å²) >= 11 is 0. The van der Waals surface area contributed by atoms with E-state index in [0.29, 0.717) is 18.8 Å². The Bertz CT molecular complexity index is 1400. The molecule has 2 aliphatic carbocycles. The van der Waals surface area contributed by atoms with Gasteiger partial charge in [0.15, 0.2) is 0 Å². The summed E-state index contributed by atoms with van der Waals surface area (Å²) < 4.78 is 39.3. The smallest absolute Gasteiger partial charge is 0.353 e. The van der Waals surface area contributed by atoms with Crippen molar-refractivity contribution in [1.29, 1.82) is 0 Å². The molecule has 0 aromatic heterocycles. The van der Waals surface area contributed by atoms with Crippen molar-refractivity contribution in [1.82, 2.24) is 15.5 Å². The fourth-order valence-electron chi connectivity index (χ4n) is 7.17. The van der Waals surface area contributed by atoms with E-state index in [9.17, 15) is 22.8 Å². The van der Waals surface area contributed by atoms with Gasteiger partial charge < -0.3 is 15.5 Å². The van der Waals surface area contributed by atoms with E-state index in [0.717, 1.165) is 67.6 Å². The maximum Gasteiger partial charge on any atom is 0.405 e. The fraction of sp³-hybridized carbons (Fsp3) is 0.429. The Morgan fingerprint density at radius 3 is 2.07 bits per heavy atom. The average Bonchev–Trinajstić information content (AvgIpc) is 3.77. The molecular weight excluding hydrogens is 551 g/mol. The van der Waals surface area contributed by atoms with Crippen LogP contribution in [0.2, 0.25) is 0 Å². The third-order valence-corrected chi connectivity index (χ3v) is 9.47. The molecule has 1 saturated carbocycles. The van der Waals surface area contributed by atoms with Crippen LogP contribution in [0.25, 0.3) is 11.1 Å². The Morgan fingerprint density at radius 1 is 0.837 bits per heavy atom. The third-order valence-electron chi connectivity index (χ3n) is 9.47. The molecule has 2 N–H and O–H groups in total. The SMILES string of the molecule is O=C(NC1CCN(CCCCC2(C(=O)NCC(F)(F)F)c3ccccc3-c3ccccc32)CC1)[C@@H]1C[C@H]1c1ccccc1. The topological polar surface area (TPSA) is 61.4 Å². The quantitative estimate of drug-likeness (QED) is 0.278. The van der Waals surface area contributed by atoms with Crippen LogP contribution in [0, 0.1) is 5.92 Å². The average molecular weight is 590 g/mol. The molecule has 226 valence electrons. The molecule has 1 saturated heterocycles. The van der Waals surface area contributed by atoms with Gasteiger partial charge in [-0.1, -0.05) is 85.3 Å². The Balaban J connectivity index is 1.03. The molecule has 3 aromatic rings. The highest BCUT2D eigenvalue weighted by atomic mass is 19.4. The Kier molecular flexibility index (Phi) is 8.32. The van der Waals surface area contributed by atoms with Crippen LogP contribution >= 0.6 is 0 Å². The molecule has 2 fully saturated rings. The zero-order chi connectivity index (χ0) is 30.0. The van der Waals surface area contributed by atoms with Crippen LogP contribution in [0.1, 0.15) is 61.1 Å². The molecule has 5 nitrogen and oxygen atoms in total. The molecule has 1 heterocycles. The number of nitrogens with zero attached hydrogens (tertiary/aromatic N) is 1. The van der Waals surface area contributed by atoms with E-state index in [-0.39, 0.29) is 17.9 Å². The normalized spacial score (nSPS) is 21.1. The summed E-state index contributed by atoms with van der Waals surface area (Å²) in [4.78, 5) is 28.9. The molecule has 43 heavy (non-hydrogen) atoms. The fourth-order valence-corrected chi connectivity index (χ4v) is 7.17. The number of unbranched alkanes of at least 4 members (excludes halogenated alkanes) is 1. The monoisotopic (exact) mass is 589 g/mol. The van der Waals surface area contributed by atoms with Crippen LogP contribution in [0.5, 0.6) is 0 Å². The first-order chi connectivity index (χ1) is 20.8. The van der Waals surface area contributed by atoms with Crippen molar-refractivity contribution >= 4 is 11.8 Å². The molecule has 6 rings (SSSR count). The van der Waals surface area contributed by atoms with Gasteiger partial charge in [-0.05, 0) is 72.4 Å². The number of hydrogen-bond acceptors (Lipinski definition) is 3. The zero-order valence-electron chi connectivity index (χ0n) is 24.2. The second kappa shape index (κ2) is 12.2. The number of rotatable bonds is 10. The number of halogens is 3. The number of nitrogens with one attached hydrogen (secondary N) is 2. The molecule has 8 heteroatoms. The maximum absolute atomic E-state index is 13.7. The third kappa shape index (κ3) is 6.21. The summed E-state index contributed by atoms with van der Waals surface area (Å²) in [6.07, 6.45) is 0.193. The van der Waals surface area contributed by atoms with Gasteiger partial charge in [-0.2, -0.15) is 13.2 Å². The van der Waals surface area contributed by atoms with E-state index >= 15 is 0 Å². The first kappa shape index (κ1) is 29.4. The van der Waals surface area contributed by atoms with Crippen molar-refractivity contribution in [2.45, 2.75) is 62.1 Å². The van der Waals surface area contributed by atoms with Crippen molar-refractivity contribution in [3.63, 3.8) is 0 Å². The van der Waals surface area contributed by atoms with Crippen molar-refractivity contribution in [3.8, 4) is 11.1 Å². The van der Waals surface area contributed by atoms with E-state index in [1.165, 1.54) is 5.56 Å². The highest BCUT2D eigenvalue weighted by Gasteiger charge is 2.49. The number of fused-ring (bicyclic) bond motifs is 3. The largest absolute Gasteiger partial charge is 0.405 e. The van der Waals surface area contributed by atoms with Crippen molar-refractivity contribution < 1.29 is 22.8 Å². The van der Waals surface area contributed by atoms with Gasteiger partial charge in [0.05, 0.1) is 0 Å². The predicted molar refractivity (Wildman–Crippen MR) is 160 cm³/mol. The molecule has 3 aromatic carbocycles. The second-order valence-corrected chi connectivity index (χ2v) is 12.2. The van der Waals surface area contributed by atoms with E-state index in [1.807, 2.05) is 66.7 Å². The van der Waals surface area contributed by atoms with Crippen molar-refractivity contribution in [3.05, 3.63) is 95.6 Å². The number of likely N-dealkylation sites (tertiary alicyclic amines) is 1. The zero-order valence-corrected chi connectivity index (χ0v) is 24.2. The molecule has 2 atom stereocenters. The molecular formula is C35H38F3N3O2. The molecule has 3 aliphatic rings. The van der Waals surface area contributed by atoms with Crippen LogP contribution in [0.3, 0.4) is 0 Å². The lowest BCUT2D eigenvalue weighted by Crippen LogP contribution is -2.47. The second-order valence-electron chi connectivity index (χ2n) is 12.2. The van der Waals surface area contributed by atoms with Crippen LogP contribution in [-0.2, 0) is 15.0 Å². The summed E-state index contributed by atoms with van der Waals surface area (Å²) in [5, 5.41) is 5.49. The minimum atomic E-state index is -4.48. The van der Waals surface area contributed by atoms with Gasteiger partial charge in [0.2, 0.25) is 11.8 Å². The molecule has 0 bridgehead atoms. The summed E-state index contributed by atoms with van der Waals surface area (Å²) in [6.45, 7) is 1.28. The van der Waals surface area contributed by atoms with Gasteiger partial charge in [0.25, 0.3) is 0 Å². The highest BCUT2D eigenvalue weighted by molar-refractivity contribution is 6.00. The minimum absolute atomic E-state index is 0.0759. The summed E-state index contributed by atoms with van der Waals surface area (Å²) in [5.74, 6) is -0.0201. The molecule has 1 aliphatic heterocycles. The summed E-state index contributed by atoms with van der Waals surface area (Å²) in [7, 11) is 0. The van der Waals surface area contributed by atoms with Crippen LogP contribution in [0.15, 0.2) is 78.9 Å². The number of amides is 2. The number of benzene rings is 3. The summed E-state index contributed by atoms with van der Waals surface area (Å²) in [6, 6.07) is 25.6. The standard InChI is InChI=1S/C35H38F3N3O2/c36-35(37,38)23-39-33(43)34(30-14-6-4-12-26(30)27-13-5-7-15-31(27)34)18-8-9-19-41-20-16-25(17-21-41)40-32(42)29-22-28(29)24-10-2-1-3-11-24/h1-7,10-15,25,28-29H,8-9,16-23H2,(H,39,43)(H,40,42)/t28-,29+/m0/s1. The number of carbonyl (C=O) groups excluding carboxylic acids is 2. The lowest BCUT2D eigenvalue weighted by atomic mass is 9.73. The highest BCUT2D eigenvalue weighted by Crippen LogP contribution is 2.52. The van der Waals surface area contributed by atoms with E-state index in [1.54, 1.807) is 0 Å². The lowest BCUT2D eigenvalue weighted by molar-refractivity contribution is -0.141. The van der Waals surface area contributed by atoms with Crippen LogP contribution in [0.4, 0.5) is 13.2 Å². The van der Waals surface area contributed by atoms with Gasteiger partial charge in [-0.15, -0.1) is 0 Å². The molecule has 0 unspecified atom stereocenters. The number of alkyl halides is 3. The number of piperidine rings is 1. The number of hydrogen-bond donors (Lipinski definition) is 2. The number of carbonyl (C=O) groups is 2. The lowest BCUT2D eigenvalue weighted by Gasteiger charge is -2.33. The van der Waals surface area contributed by atoms with Crippen molar-refractivity contribution in [2.24, 2.45) is 5.92 Å². The van der Waals surface area contributed by atoms with Gasteiger partial charge in [0, 0.05) is 25.0 Å². The van der Waals surface area contributed by atoms with E-state index < -0.39 is 24.0 Å². The van der Waals surface area contributed by atoms with Gasteiger partial charge in [0.1, 0.15) is 12.0 Å². The van der Waals surface area contributed by atoms with Crippen molar-refractivity contribution in [2.75, 3.05) is 26.2 Å².